The van der Waals surface area contributed by atoms with Gasteiger partial charge in [0.05, 0.1) is 10.9 Å². The van der Waals surface area contributed by atoms with Gasteiger partial charge in [-0.25, -0.2) is 0 Å². The average molecular weight is 313 g/mol. The molecule has 6 heteroatoms. The minimum Gasteiger partial charge on any atom is -0.331 e. The van der Waals surface area contributed by atoms with E-state index in [0.29, 0.717) is 6.54 Å². The summed E-state index contributed by atoms with van der Waals surface area (Å²) in [6.45, 7) is 1.57. The third-order valence-corrected chi connectivity index (χ3v) is 5.29. The van der Waals surface area contributed by atoms with Crippen LogP contribution in [-0.4, -0.2) is 47.3 Å². The van der Waals surface area contributed by atoms with Crippen molar-refractivity contribution in [2.24, 2.45) is 0 Å². The van der Waals surface area contributed by atoms with E-state index in [-0.39, 0.29) is 24.4 Å². The van der Waals surface area contributed by atoms with Gasteiger partial charge in [-0.05, 0) is 37.8 Å². The Hall–Kier alpha value is -1.07. The Bertz CT molecular complexity index is 531. The first-order valence-electron chi connectivity index (χ1n) is 6.97. The lowest BCUT2D eigenvalue weighted by atomic mass is 9.98. The van der Waals surface area contributed by atoms with E-state index in [1.165, 1.54) is 11.3 Å². The highest BCUT2D eigenvalue weighted by atomic mass is 35.5. The molecule has 0 spiro atoms. The van der Waals surface area contributed by atoms with Crippen LogP contribution < -0.4 is 0 Å². The Morgan fingerprint density at radius 2 is 2.15 bits per heavy atom. The molecule has 2 amide bonds. The van der Waals surface area contributed by atoms with Crippen molar-refractivity contribution in [2.75, 3.05) is 19.6 Å². The maximum absolute atomic E-state index is 12.4. The quantitative estimate of drug-likeness (QED) is 0.858. The molecule has 3 heterocycles. The van der Waals surface area contributed by atoms with E-state index < -0.39 is 0 Å². The standard InChI is InChI=1S/C14H17ClN2O2S/c15-12-5-4-10(20-12)6-8-16-9-13(18)17-7-2-1-3-11(17)14(16)19/h4-5,11H,1-3,6-9H2. The molecule has 0 saturated carbocycles. The first-order valence-corrected chi connectivity index (χ1v) is 8.17. The van der Waals surface area contributed by atoms with Crippen LogP contribution in [0, 0.1) is 0 Å². The van der Waals surface area contributed by atoms with Crippen LogP contribution in [0.5, 0.6) is 0 Å². The van der Waals surface area contributed by atoms with Crippen LogP contribution in [0.2, 0.25) is 4.34 Å². The molecule has 3 rings (SSSR count). The Morgan fingerprint density at radius 3 is 2.90 bits per heavy atom. The number of thiophene rings is 1. The highest BCUT2D eigenvalue weighted by Crippen LogP contribution is 2.25. The second-order valence-electron chi connectivity index (χ2n) is 5.31. The second-order valence-corrected chi connectivity index (χ2v) is 7.11. The fourth-order valence-corrected chi connectivity index (χ4v) is 4.03. The summed E-state index contributed by atoms with van der Waals surface area (Å²) in [7, 11) is 0. The largest absolute Gasteiger partial charge is 0.331 e. The molecule has 1 aromatic rings. The number of amides is 2. The normalized spacial score (nSPS) is 23.1. The summed E-state index contributed by atoms with van der Waals surface area (Å²) >= 11 is 7.44. The Labute approximate surface area is 127 Å². The minimum absolute atomic E-state index is 0.0958. The lowest BCUT2D eigenvalue weighted by Gasteiger charge is -2.42. The smallest absolute Gasteiger partial charge is 0.245 e. The Kier molecular flexibility index (Phi) is 3.98. The molecular formula is C14H17ClN2O2S. The van der Waals surface area contributed by atoms with Gasteiger partial charge in [0.15, 0.2) is 0 Å². The van der Waals surface area contributed by atoms with Crippen molar-refractivity contribution >= 4 is 34.8 Å². The number of fused-ring (bicyclic) bond motifs is 1. The molecule has 1 atom stereocenters. The summed E-state index contributed by atoms with van der Waals surface area (Å²) in [6.07, 6.45) is 3.63. The predicted octanol–water partition coefficient (Wildman–Crippen LogP) is 2.17. The van der Waals surface area contributed by atoms with Crippen molar-refractivity contribution < 1.29 is 9.59 Å². The van der Waals surface area contributed by atoms with Crippen molar-refractivity contribution in [3.63, 3.8) is 0 Å². The van der Waals surface area contributed by atoms with Crippen LogP contribution in [0.1, 0.15) is 24.1 Å². The number of hydrogen-bond donors (Lipinski definition) is 0. The summed E-state index contributed by atoms with van der Waals surface area (Å²) in [4.78, 5) is 29.2. The van der Waals surface area contributed by atoms with Gasteiger partial charge >= 0.3 is 0 Å². The lowest BCUT2D eigenvalue weighted by molar-refractivity contribution is -0.157. The number of halogens is 1. The SMILES string of the molecule is O=C1C2CCCCN2C(=O)CN1CCc1ccc(Cl)s1. The predicted molar refractivity (Wildman–Crippen MR) is 79.0 cm³/mol. The van der Waals surface area contributed by atoms with E-state index in [2.05, 4.69) is 0 Å². The van der Waals surface area contributed by atoms with E-state index in [0.717, 1.165) is 41.4 Å². The molecule has 2 aliphatic rings. The zero-order valence-electron chi connectivity index (χ0n) is 11.2. The molecule has 108 valence electrons. The molecule has 0 aromatic carbocycles. The number of piperidine rings is 1. The van der Waals surface area contributed by atoms with Gasteiger partial charge in [-0.3, -0.25) is 9.59 Å². The minimum atomic E-state index is -0.211. The van der Waals surface area contributed by atoms with Crippen LogP contribution in [0.4, 0.5) is 0 Å². The fraction of sp³-hybridized carbons (Fsp3) is 0.571. The van der Waals surface area contributed by atoms with Gasteiger partial charge in [0.2, 0.25) is 11.8 Å². The van der Waals surface area contributed by atoms with Crippen molar-refractivity contribution in [3.8, 4) is 0 Å². The molecule has 20 heavy (non-hydrogen) atoms. The highest BCUT2D eigenvalue weighted by Gasteiger charge is 2.39. The van der Waals surface area contributed by atoms with Gasteiger partial charge in [0.1, 0.15) is 6.04 Å². The van der Waals surface area contributed by atoms with Gasteiger partial charge in [0, 0.05) is 18.0 Å². The van der Waals surface area contributed by atoms with E-state index in [9.17, 15) is 9.59 Å². The van der Waals surface area contributed by atoms with Crippen LogP contribution >= 0.6 is 22.9 Å². The first-order chi connectivity index (χ1) is 9.65. The summed E-state index contributed by atoms with van der Waals surface area (Å²) in [6, 6.07) is 3.64. The third kappa shape index (κ3) is 2.69. The zero-order valence-corrected chi connectivity index (χ0v) is 12.8. The first kappa shape index (κ1) is 13.9. The molecule has 1 unspecified atom stereocenters. The summed E-state index contributed by atoms with van der Waals surface area (Å²) in [5, 5.41) is 0. The molecule has 2 saturated heterocycles. The molecule has 0 N–H and O–H groups in total. The lowest BCUT2D eigenvalue weighted by Crippen LogP contribution is -2.61. The number of carbonyl (C=O) groups is 2. The van der Waals surface area contributed by atoms with Crippen molar-refractivity contribution in [2.45, 2.75) is 31.7 Å². The number of piperazine rings is 1. The maximum atomic E-state index is 12.4. The van der Waals surface area contributed by atoms with Gasteiger partial charge in [0.25, 0.3) is 0 Å². The topological polar surface area (TPSA) is 40.6 Å². The number of rotatable bonds is 3. The second kappa shape index (κ2) is 5.74. The molecule has 1 aromatic heterocycles. The molecule has 4 nitrogen and oxygen atoms in total. The third-order valence-electron chi connectivity index (χ3n) is 4.00. The van der Waals surface area contributed by atoms with E-state index in [1.54, 1.807) is 9.80 Å². The van der Waals surface area contributed by atoms with Crippen molar-refractivity contribution in [1.29, 1.82) is 0 Å². The van der Waals surface area contributed by atoms with Crippen molar-refractivity contribution in [1.82, 2.24) is 9.80 Å². The Morgan fingerprint density at radius 1 is 1.30 bits per heavy atom. The number of hydrogen-bond acceptors (Lipinski definition) is 3. The van der Waals surface area contributed by atoms with Gasteiger partial charge < -0.3 is 9.80 Å². The number of nitrogens with zero attached hydrogens (tertiary/aromatic N) is 2. The van der Waals surface area contributed by atoms with E-state index >= 15 is 0 Å². The molecular weight excluding hydrogens is 296 g/mol. The Balaban J connectivity index is 1.64. The van der Waals surface area contributed by atoms with Crippen LogP contribution in [0.3, 0.4) is 0 Å². The summed E-state index contributed by atoms with van der Waals surface area (Å²) in [5.41, 5.74) is 0. The van der Waals surface area contributed by atoms with Crippen LogP contribution in [-0.2, 0) is 16.0 Å². The molecule has 0 radical (unpaired) electrons. The number of carbonyl (C=O) groups excluding carboxylic acids is 2. The average Bonchev–Trinajstić information content (AvgIpc) is 2.87. The van der Waals surface area contributed by atoms with Gasteiger partial charge in [-0.15, -0.1) is 11.3 Å². The van der Waals surface area contributed by atoms with Crippen LogP contribution in [0.15, 0.2) is 12.1 Å². The monoisotopic (exact) mass is 312 g/mol. The van der Waals surface area contributed by atoms with Gasteiger partial charge in [-0.2, -0.15) is 0 Å². The van der Waals surface area contributed by atoms with E-state index in [4.69, 9.17) is 11.6 Å². The summed E-state index contributed by atoms with van der Waals surface area (Å²) in [5.74, 6) is 0.213. The molecule has 0 aliphatic carbocycles. The zero-order chi connectivity index (χ0) is 14.1. The molecule has 0 bridgehead atoms. The summed E-state index contributed by atoms with van der Waals surface area (Å²) < 4.78 is 0.763. The van der Waals surface area contributed by atoms with Crippen LogP contribution in [0.25, 0.3) is 0 Å². The molecule has 2 fully saturated rings. The highest BCUT2D eigenvalue weighted by molar-refractivity contribution is 7.16. The van der Waals surface area contributed by atoms with Gasteiger partial charge in [-0.1, -0.05) is 11.6 Å². The molecule has 2 aliphatic heterocycles. The fourth-order valence-electron chi connectivity index (χ4n) is 2.95. The maximum Gasteiger partial charge on any atom is 0.245 e. The van der Waals surface area contributed by atoms with E-state index in [1.807, 2.05) is 12.1 Å². The van der Waals surface area contributed by atoms with Crippen molar-refractivity contribution in [3.05, 3.63) is 21.3 Å².